The highest BCUT2D eigenvalue weighted by molar-refractivity contribution is 6.04. The van der Waals surface area contributed by atoms with Crippen LogP contribution >= 0.6 is 0 Å². The van der Waals surface area contributed by atoms with Crippen LogP contribution in [0.5, 0.6) is 5.75 Å². The Morgan fingerprint density at radius 1 is 1.05 bits per heavy atom. The van der Waals surface area contributed by atoms with Crippen molar-refractivity contribution in [1.82, 2.24) is 15.1 Å². The Labute approximate surface area is 224 Å². The van der Waals surface area contributed by atoms with Crippen molar-refractivity contribution in [2.45, 2.75) is 57.9 Å². The Kier molecular flexibility index (Phi) is 9.70. The average molecular weight is 524 g/mol. The van der Waals surface area contributed by atoms with Crippen molar-refractivity contribution < 1.29 is 18.3 Å². The lowest BCUT2D eigenvalue weighted by molar-refractivity contribution is 0.102. The maximum atomic E-state index is 13.8. The van der Waals surface area contributed by atoms with Crippen molar-refractivity contribution in [1.29, 1.82) is 0 Å². The van der Waals surface area contributed by atoms with Crippen molar-refractivity contribution in [3.05, 3.63) is 53.8 Å². The van der Waals surface area contributed by atoms with E-state index in [-0.39, 0.29) is 5.56 Å². The normalized spacial score (nSPS) is 19.7. The minimum atomic E-state index is -0.582. The molecule has 5 rings (SSSR count). The van der Waals surface area contributed by atoms with Crippen molar-refractivity contribution in [2.24, 2.45) is 5.92 Å². The fourth-order valence-corrected chi connectivity index (χ4v) is 4.81. The van der Waals surface area contributed by atoms with Gasteiger partial charge in [0, 0.05) is 17.8 Å². The number of carbonyl (C=O) groups is 1. The van der Waals surface area contributed by atoms with Crippen molar-refractivity contribution >= 4 is 17.6 Å². The quantitative estimate of drug-likeness (QED) is 0.396. The molecule has 1 aliphatic heterocycles. The maximum Gasteiger partial charge on any atom is 0.315 e. The number of piperidine rings is 1. The number of amides is 1. The monoisotopic (exact) mass is 523 g/mol. The molecule has 0 bridgehead atoms. The van der Waals surface area contributed by atoms with Gasteiger partial charge in [0.2, 0.25) is 0 Å². The van der Waals surface area contributed by atoms with Crippen LogP contribution in [0.3, 0.4) is 0 Å². The Morgan fingerprint density at radius 2 is 1.79 bits per heavy atom. The molecule has 8 nitrogen and oxygen atoms in total. The second kappa shape index (κ2) is 13.4. The number of rotatable bonds is 6. The first-order valence-corrected chi connectivity index (χ1v) is 13.5. The molecule has 38 heavy (non-hydrogen) atoms. The standard InChI is InChI=1S/C23H25FN4O3.C6H13N/c1-14-7-9-15(10-8-14)26-23-28-27-22(31-23)18-12-11-16(13-20(18)30-2)25-21(29)17-5-3-4-6-19(17)24;1-7-5-3-2-4-6-7/h3-6,11-15H,7-10H2,1-2H3,(H,25,29)(H,26,28);2-6H2,1H3. The smallest absolute Gasteiger partial charge is 0.315 e. The number of methoxy groups -OCH3 is 1. The van der Waals surface area contributed by atoms with Crippen LogP contribution in [0.1, 0.15) is 62.2 Å². The number of nitrogens with one attached hydrogen (secondary N) is 2. The SMILES string of the molecule is CN1CCCCC1.COc1cc(NC(=O)c2ccccc2F)ccc1-c1nnc(NC2CCC(C)CC2)o1. The number of anilines is 2. The molecule has 2 heterocycles. The molecule has 2 fully saturated rings. The lowest BCUT2D eigenvalue weighted by Crippen LogP contribution is -2.25. The summed E-state index contributed by atoms with van der Waals surface area (Å²) in [5.74, 6) is 0.405. The first-order valence-electron chi connectivity index (χ1n) is 13.5. The Bertz CT molecular complexity index is 1190. The molecule has 9 heteroatoms. The van der Waals surface area contributed by atoms with Crippen molar-refractivity contribution in [3.8, 4) is 17.2 Å². The number of aromatic nitrogens is 2. The molecule has 0 unspecified atom stereocenters. The molecule has 1 saturated heterocycles. The molecule has 0 spiro atoms. The highest BCUT2D eigenvalue weighted by Gasteiger charge is 2.21. The Hall–Kier alpha value is -3.46. The number of hydrogen-bond acceptors (Lipinski definition) is 7. The number of hydrogen-bond donors (Lipinski definition) is 2. The maximum absolute atomic E-state index is 13.8. The molecular formula is C29H38FN5O3. The van der Waals surface area contributed by atoms with Crippen LogP contribution in [0.15, 0.2) is 46.9 Å². The van der Waals surface area contributed by atoms with Crippen LogP contribution in [0.4, 0.5) is 16.1 Å². The van der Waals surface area contributed by atoms with Gasteiger partial charge in [-0.2, -0.15) is 0 Å². The van der Waals surface area contributed by atoms with Gasteiger partial charge >= 0.3 is 6.01 Å². The van der Waals surface area contributed by atoms with E-state index in [9.17, 15) is 9.18 Å². The van der Waals surface area contributed by atoms with Gasteiger partial charge in [-0.3, -0.25) is 4.79 Å². The van der Waals surface area contributed by atoms with Crippen LogP contribution in [0.25, 0.3) is 11.5 Å². The summed E-state index contributed by atoms with van der Waals surface area (Å²) in [4.78, 5) is 14.8. The predicted molar refractivity (Wildman–Crippen MR) is 147 cm³/mol. The summed E-state index contributed by atoms with van der Waals surface area (Å²) < 4.78 is 25.1. The predicted octanol–water partition coefficient (Wildman–Crippen LogP) is 6.23. The minimum absolute atomic E-state index is 0.0322. The summed E-state index contributed by atoms with van der Waals surface area (Å²) in [7, 11) is 3.71. The lowest BCUT2D eigenvalue weighted by atomic mass is 9.87. The molecule has 2 N–H and O–H groups in total. The van der Waals surface area contributed by atoms with E-state index < -0.39 is 11.7 Å². The van der Waals surface area contributed by atoms with E-state index in [1.807, 2.05) is 0 Å². The van der Waals surface area contributed by atoms with Gasteiger partial charge in [-0.15, -0.1) is 5.10 Å². The van der Waals surface area contributed by atoms with E-state index in [0.29, 0.717) is 34.9 Å². The zero-order valence-corrected chi connectivity index (χ0v) is 22.5. The summed E-state index contributed by atoms with van der Waals surface area (Å²) in [6, 6.07) is 11.6. The summed E-state index contributed by atoms with van der Waals surface area (Å²) in [5.41, 5.74) is 1.03. The van der Waals surface area contributed by atoms with Gasteiger partial charge in [-0.25, -0.2) is 4.39 Å². The van der Waals surface area contributed by atoms with Crippen LogP contribution in [-0.2, 0) is 0 Å². The third kappa shape index (κ3) is 7.54. The minimum Gasteiger partial charge on any atom is -0.496 e. The highest BCUT2D eigenvalue weighted by Crippen LogP contribution is 2.33. The first-order chi connectivity index (χ1) is 18.4. The molecule has 0 atom stereocenters. The van der Waals surface area contributed by atoms with Crippen LogP contribution in [0, 0.1) is 11.7 Å². The number of likely N-dealkylation sites (tertiary alicyclic amines) is 1. The number of benzene rings is 2. The van der Waals surface area contributed by atoms with Gasteiger partial charge in [-0.05, 0) is 88.8 Å². The molecular weight excluding hydrogens is 485 g/mol. The summed E-state index contributed by atoms with van der Waals surface area (Å²) in [6.07, 6.45) is 8.81. The molecule has 1 amide bonds. The lowest BCUT2D eigenvalue weighted by Gasteiger charge is -2.25. The molecule has 1 aliphatic carbocycles. The first kappa shape index (κ1) is 27.6. The number of carbonyl (C=O) groups excluding carboxylic acids is 1. The van der Waals surface area contributed by atoms with E-state index in [1.54, 1.807) is 24.3 Å². The number of halogens is 1. The zero-order valence-electron chi connectivity index (χ0n) is 22.5. The van der Waals surface area contributed by atoms with Crippen LogP contribution in [0.2, 0.25) is 0 Å². The van der Waals surface area contributed by atoms with Crippen LogP contribution < -0.4 is 15.4 Å². The largest absolute Gasteiger partial charge is 0.496 e. The Balaban J connectivity index is 0.000000417. The van der Waals surface area contributed by atoms with Crippen LogP contribution in [-0.4, -0.2) is 54.3 Å². The molecule has 1 aromatic heterocycles. The highest BCUT2D eigenvalue weighted by atomic mass is 19.1. The fourth-order valence-electron chi connectivity index (χ4n) is 4.81. The number of nitrogens with zero attached hydrogens (tertiary/aromatic N) is 3. The summed E-state index contributed by atoms with van der Waals surface area (Å²) in [5, 5.41) is 14.2. The second-order valence-corrected chi connectivity index (χ2v) is 10.2. The summed E-state index contributed by atoms with van der Waals surface area (Å²) >= 11 is 0. The van der Waals surface area contributed by atoms with Gasteiger partial charge in [-0.1, -0.05) is 30.6 Å². The Morgan fingerprint density at radius 3 is 2.45 bits per heavy atom. The average Bonchev–Trinajstić information content (AvgIpc) is 3.39. The zero-order chi connectivity index (χ0) is 26.9. The molecule has 204 valence electrons. The third-order valence-electron chi connectivity index (χ3n) is 7.16. The third-order valence-corrected chi connectivity index (χ3v) is 7.16. The molecule has 1 saturated carbocycles. The van der Waals surface area contributed by atoms with Gasteiger partial charge < -0.3 is 24.7 Å². The fraction of sp³-hybridized carbons (Fsp3) is 0.483. The van der Waals surface area contributed by atoms with E-state index in [4.69, 9.17) is 9.15 Å². The van der Waals surface area contributed by atoms with Gasteiger partial charge in [0.15, 0.2) is 0 Å². The molecule has 0 radical (unpaired) electrons. The van der Waals surface area contributed by atoms with Gasteiger partial charge in [0.05, 0.1) is 18.2 Å². The van der Waals surface area contributed by atoms with E-state index in [0.717, 1.165) is 18.8 Å². The van der Waals surface area contributed by atoms with E-state index in [1.165, 1.54) is 70.5 Å². The molecule has 2 aliphatic rings. The van der Waals surface area contributed by atoms with Crippen molar-refractivity contribution in [2.75, 3.05) is 37.9 Å². The summed E-state index contributed by atoms with van der Waals surface area (Å²) in [6.45, 7) is 4.91. The van der Waals surface area contributed by atoms with E-state index in [2.05, 4.69) is 39.7 Å². The van der Waals surface area contributed by atoms with E-state index >= 15 is 0 Å². The van der Waals surface area contributed by atoms with Gasteiger partial charge in [0.1, 0.15) is 11.6 Å². The topological polar surface area (TPSA) is 92.5 Å². The second-order valence-electron chi connectivity index (χ2n) is 10.2. The molecule has 2 aromatic carbocycles. The molecule has 3 aromatic rings. The van der Waals surface area contributed by atoms with Crippen molar-refractivity contribution in [3.63, 3.8) is 0 Å². The van der Waals surface area contributed by atoms with Gasteiger partial charge in [0.25, 0.3) is 11.8 Å². The number of ether oxygens (including phenoxy) is 1.